The van der Waals surface area contributed by atoms with Crippen LogP contribution in [-0.4, -0.2) is 10.2 Å². The minimum absolute atomic E-state index is 0.468. The molecule has 3 rings (SSSR count). The van der Waals surface area contributed by atoms with Crippen molar-refractivity contribution in [3.05, 3.63) is 57.5 Å². The lowest BCUT2D eigenvalue weighted by Gasteiger charge is -2.09. The molecular weight excluding hydrogens is 350 g/mol. The number of H-pyrrole nitrogens is 1. The van der Waals surface area contributed by atoms with Gasteiger partial charge in [0.1, 0.15) is 0 Å². The first kappa shape index (κ1) is 14.2. The number of nitrogen functional groups attached to an aromatic ring is 1. The predicted molar refractivity (Wildman–Crippen MR) is 91.3 cm³/mol. The summed E-state index contributed by atoms with van der Waals surface area (Å²) in [6.07, 6.45) is 0. The monoisotopic (exact) mass is 361 g/mol. The average molecular weight is 363 g/mol. The van der Waals surface area contributed by atoms with E-state index in [1.807, 2.05) is 49.4 Å². The van der Waals surface area contributed by atoms with Gasteiger partial charge in [-0.25, -0.2) is 0 Å². The van der Waals surface area contributed by atoms with Gasteiger partial charge in [0.05, 0.1) is 16.3 Å². The fourth-order valence-corrected chi connectivity index (χ4v) is 2.96. The number of hydrogen-bond donors (Lipinski definition) is 2. The first-order valence-electron chi connectivity index (χ1n) is 6.44. The van der Waals surface area contributed by atoms with Crippen molar-refractivity contribution in [1.82, 2.24) is 10.2 Å². The Morgan fingerprint density at radius 3 is 2.57 bits per heavy atom. The number of benzene rings is 2. The molecule has 106 valence electrons. The van der Waals surface area contributed by atoms with E-state index in [2.05, 4.69) is 26.1 Å². The van der Waals surface area contributed by atoms with Gasteiger partial charge in [-0.3, -0.25) is 5.10 Å². The lowest BCUT2D eigenvalue weighted by Crippen LogP contribution is -1.91. The summed E-state index contributed by atoms with van der Waals surface area (Å²) < 4.78 is 0.838. The van der Waals surface area contributed by atoms with E-state index >= 15 is 0 Å². The van der Waals surface area contributed by atoms with Gasteiger partial charge in [-0.1, -0.05) is 48.0 Å². The average Bonchev–Trinajstić information content (AvgIpc) is 2.84. The summed E-state index contributed by atoms with van der Waals surface area (Å²) in [7, 11) is 0. The Kier molecular flexibility index (Phi) is 3.74. The van der Waals surface area contributed by atoms with Crippen molar-refractivity contribution in [2.24, 2.45) is 0 Å². The first-order valence-corrected chi connectivity index (χ1v) is 7.61. The van der Waals surface area contributed by atoms with Gasteiger partial charge in [0.2, 0.25) is 0 Å². The van der Waals surface area contributed by atoms with Gasteiger partial charge >= 0.3 is 0 Å². The molecule has 2 aromatic carbocycles. The van der Waals surface area contributed by atoms with Gasteiger partial charge < -0.3 is 5.73 Å². The summed E-state index contributed by atoms with van der Waals surface area (Å²) in [5.41, 5.74) is 10.8. The summed E-state index contributed by atoms with van der Waals surface area (Å²) in [5, 5.41) is 7.80. The number of nitrogens with two attached hydrogens (primary N) is 1. The molecule has 0 atom stereocenters. The molecule has 3 nitrogen and oxygen atoms in total. The topological polar surface area (TPSA) is 54.7 Å². The molecule has 0 saturated heterocycles. The van der Waals surface area contributed by atoms with Crippen molar-refractivity contribution < 1.29 is 0 Å². The Bertz CT molecular complexity index is 811. The molecule has 1 heterocycles. The number of aromatic nitrogens is 2. The Balaban J connectivity index is 2.28. The van der Waals surface area contributed by atoms with Gasteiger partial charge in [-0.15, -0.1) is 0 Å². The molecule has 0 radical (unpaired) electrons. The molecule has 0 spiro atoms. The maximum atomic E-state index is 6.40. The maximum Gasteiger partial charge on any atom is 0.153 e. The SMILES string of the molecule is Cc1ccccc1-c1c(N)n[nH]c1-c1cccc(Br)c1Cl. The van der Waals surface area contributed by atoms with Crippen molar-refractivity contribution in [2.45, 2.75) is 6.92 Å². The second-order valence-corrected chi connectivity index (χ2v) is 6.01. The van der Waals surface area contributed by atoms with E-state index in [1.165, 1.54) is 0 Å². The van der Waals surface area contributed by atoms with Crippen LogP contribution >= 0.6 is 27.5 Å². The Labute approximate surface area is 136 Å². The number of rotatable bonds is 2. The van der Waals surface area contributed by atoms with Gasteiger partial charge in [-0.05, 0) is 40.0 Å². The summed E-state index contributed by atoms with van der Waals surface area (Å²) in [6, 6.07) is 13.9. The van der Waals surface area contributed by atoms with Gasteiger partial charge in [0.15, 0.2) is 5.82 Å². The van der Waals surface area contributed by atoms with Crippen molar-refractivity contribution in [3.8, 4) is 22.4 Å². The van der Waals surface area contributed by atoms with E-state index in [9.17, 15) is 0 Å². The van der Waals surface area contributed by atoms with Crippen LogP contribution in [0.25, 0.3) is 22.4 Å². The highest BCUT2D eigenvalue weighted by molar-refractivity contribution is 9.10. The number of aromatic amines is 1. The van der Waals surface area contributed by atoms with E-state index in [1.54, 1.807) is 0 Å². The van der Waals surface area contributed by atoms with Crippen LogP contribution in [0.1, 0.15) is 5.56 Å². The van der Waals surface area contributed by atoms with Gasteiger partial charge in [0, 0.05) is 10.0 Å². The van der Waals surface area contributed by atoms with Crippen molar-refractivity contribution >= 4 is 33.3 Å². The lowest BCUT2D eigenvalue weighted by atomic mass is 9.97. The molecule has 0 unspecified atom stereocenters. The van der Waals surface area contributed by atoms with Crippen LogP contribution in [0.4, 0.5) is 5.82 Å². The number of nitrogens with zero attached hydrogens (tertiary/aromatic N) is 1. The largest absolute Gasteiger partial charge is 0.382 e. The molecule has 3 N–H and O–H groups in total. The van der Waals surface area contributed by atoms with Crippen LogP contribution in [-0.2, 0) is 0 Å². The molecule has 0 fully saturated rings. The number of hydrogen-bond acceptors (Lipinski definition) is 2. The summed E-state index contributed by atoms with van der Waals surface area (Å²) in [5.74, 6) is 0.468. The summed E-state index contributed by atoms with van der Waals surface area (Å²) in [6.45, 7) is 2.05. The number of halogens is 2. The number of nitrogens with one attached hydrogen (secondary N) is 1. The standard InChI is InChI=1S/C16H13BrClN3/c1-9-5-2-3-6-10(9)13-15(20-21-16(13)19)11-7-4-8-12(17)14(11)18/h2-8H,1H3,(H3,19,20,21). The van der Waals surface area contributed by atoms with E-state index in [4.69, 9.17) is 17.3 Å². The molecule has 0 saturated carbocycles. The molecule has 0 aliphatic heterocycles. The normalized spacial score (nSPS) is 10.8. The fraction of sp³-hybridized carbons (Fsp3) is 0.0625. The van der Waals surface area contributed by atoms with Gasteiger partial charge in [0.25, 0.3) is 0 Å². The minimum Gasteiger partial charge on any atom is -0.382 e. The second kappa shape index (κ2) is 5.54. The quantitative estimate of drug-likeness (QED) is 0.670. The molecule has 0 bridgehead atoms. The molecule has 21 heavy (non-hydrogen) atoms. The minimum atomic E-state index is 0.468. The lowest BCUT2D eigenvalue weighted by molar-refractivity contribution is 1.10. The highest BCUT2D eigenvalue weighted by Gasteiger charge is 2.18. The van der Waals surface area contributed by atoms with Crippen molar-refractivity contribution in [3.63, 3.8) is 0 Å². The highest BCUT2D eigenvalue weighted by atomic mass is 79.9. The Morgan fingerprint density at radius 1 is 1.10 bits per heavy atom. The Morgan fingerprint density at radius 2 is 1.81 bits per heavy atom. The van der Waals surface area contributed by atoms with E-state index in [-0.39, 0.29) is 0 Å². The van der Waals surface area contributed by atoms with Crippen LogP contribution in [0, 0.1) is 6.92 Å². The van der Waals surface area contributed by atoms with Crippen LogP contribution in [0.3, 0.4) is 0 Å². The third-order valence-corrected chi connectivity index (χ3v) is 4.73. The van der Waals surface area contributed by atoms with Gasteiger partial charge in [-0.2, -0.15) is 5.10 Å². The third kappa shape index (κ3) is 2.45. The zero-order valence-corrected chi connectivity index (χ0v) is 13.7. The van der Waals surface area contributed by atoms with E-state index in [0.29, 0.717) is 10.8 Å². The smallest absolute Gasteiger partial charge is 0.153 e. The molecule has 3 aromatic rings. The van der Waals surface area contributed by atoms with Crippen molar-refractivity contribution in [1.29, 1.82) is 0 Å². The Hall–Kier alpha value is -1.78. The van der Waals surface area contributed by atoms with Crippen LogP contribution in [0.5, 0.6) is 0 Å². The molecular formula is C16H13BrClN3. The number of anilines is 1. The summed E-state index contributed by atoms with van der Waals surface area (Å²) in [4.78, 5) is 0. The van der Waals surface area contributed by atoms with E-state index < -0.39 is 0 Å². The molecule has 0 aliphatic rings. The zero-order valence-electron chi connectivity index (χ0n) is 11.3. The van der Waals surface area contributed by atoms with E-state index in [0.717, 1.165) is 32.4 Å². The predicted octanol–water partition coefficient (Wildman–Crippen LogP) is 5.05. The summed E-state index contributed by atoms with van der Waals surface area (Å²) >= 11 is 9.85. The zero-order chi connectivity index (χ0) is 15.0. The second-order valence-electron chi connectivity index (χ2n) is 4.78. The van der Waals surface area contributed by atoms with Crippen LogP contribution in [0.15, 0.2) is 46.9 Å². The molecule has 0 amide bonds. The van der Waals surface area contributed by atoms with Crippen LogP contribution < -0.4 is 5.73 Å². The van der Waals surface area contributed by atoms with Crippen molar-refractivity contribution in [2.75, 3.05) is 5.73 Å². The highest BCUT2D eigenvalue weighted by Crippen LogP contribution is 2.40. The first-order chi connectivity index (χ1) is 10.1. The molecule has 5 heteroatoms. The molecule has 0 aliphatic carbocycles. The van der Waals surface area contributed by atoms with Crippen LogP contribution in [0.2, 0.25) is 5.02 Å². The number of aryl methyl sites for hydroxylation is 1. The fourth-order valence-electron chi connectivity index (χ4n) is 2.37. The molecule has 1 aromatic heterocycles. The third-order valence-electron chi connectivity index (χ3n) is 3.43. The maximum absolute atomic E-state index is 6.40.